The predicted octanol–water partition coefficient (Wildman–Crippen LogP) is 2.69. The topological polar surface area (TPSA) is 75.5 Å². The standard InChI is InChI=1S/C15H21N3O3/c1-2-7-17-8-5-13(6-9-17)16-14-4-3-12(11-19)10-15(14)18(20)21/h3-4,10-11,13,16H,2,5-9H2,1H3. The average Bonchev–Trinajstić information content (AvgIpc) is 2.49. The van der Waals surface area contributed by atoms with Crippen molar-refractivity contribution in [2.45, 2.75) is 32.2 Å². The molecule has 1 aromatic carbocycles. The van der Waals surface area contributed by atoms with Crippen molar-refractivity contribution in [3.05, 3.63) is 33.9 Å². The van der Waals surface area contributed by atoms with E-state index < -0.39 is 4.92 Å². The van der Waals surface area contributed by atoms with Gasteiger partial charge in [0.2, 0.25) is 0 Å². The van der Waals surface area contributed by atoms with E-state index in [0.29, 0.717) is 17.5 Å². The van der Waals surface area contributed by atoms with Crippen LogP contribution in [0.2, 0.25) is 0 Å². The zero-order valence-electron chi connectivity index (χ0n) is 12.2. The minimum atomic E-state index is -0.443. The molecule has 0 radical (unpaired) electrons. The molecule has 1 fully saturated rings. The molecule has 1 aliphatic heterocycles. The summed E-state index contributed by atoms with van der Waals surface area (Å²) in [4.78, 5) is 23.8. The molecule has 1 aromatic rings. The van der Waals surface area contributed by atoms with Crippen LogP contribution >= 0.6 is 0 Å². The minimum Gasteiger partial charge on any atom is -0.377 e. The summed E-state index contributed by atoms with van der Waals surface area (Å²) in [7, 11) is 0. The third-order valence-electron chi connectivity index (χ3n) is 3.84. The first kappa shape index (κ1) is 15.4. The Labute approximate surface area is 124 Å². The Morgan fingerprint density at radius 1 is 1.43 bits per heavy atom. The van der Waals surface area contributed by atoms with Gasteiger partial charge in [0.05, 0.1) is 4.92 Å². The first-order valence-corrected chi connectivity index (χ1v) is 7.36. The van der Waals surface area contributed by atoms with Crippen LogP contribution in [0.15, 0.2) is 18.2 Å². The number of piperidine rings is 1. The first-order valence-electron chi connectivity index (χ1n) is 7.36. The Hall–Kier alpha value is -1.95. The number of likely N-dealkylation sites (tertiary alicyclic amines) is 1. The third-order valence-corrected chi connectivity index (χ3v) is 3.84. The lowest BCUT2D eigenvalue weighted by atomic mass is 10.0. The monoisotopic (exact) mass is 291 g/mol. The summed E-state index contributed by atoms with van der Waals surface area (Å²) in [6.07, 6.45) is 3.73. The maximum absolute atomic E-state index is 11.1. The highest BCUT2D eigenvalue weighted by atomic mass is 16.6. The molecule has 0 atom stereocenters. The molecule has 1 aliphatic rings. The Bertz CT molecular complexity index is 511. The average molecular weight is 291 g/mol. The number of hydrogen-bond donors (Lipinski definition) is 1. The van der Waals surface area contributed by atoms with Gasteiger partial charge in [0.15, 0.2) is 0 Å². The molecule has 1 saturated heterocycles. The molecule has 1 N–H and O–H groups in total. The molecule has 21 heavy (non-hydrogen) atoms. The molecule has 0 saturated carbocycles. The highest BCUT2D eigenvalue weighted by Gasteiger charge is 2.22. The molecule has 2 rings (SSSR count). The number of nitrogens with zero attached hydrogens (tertiary/aromatic N) is 2. The van der Waals surface area contributed by atoms with Crippen LogP contribution in [0.3, 0.4) is 0 Å². The van der Waals surface area contributed by atoms with Crippen molar-refractivity contribution in [2.24, 2.45) is 0 Å². The number of benzene rings is 1. The van der Waals surface area contributed by atoms with Crippen LogP contribution in [0.25, 0.3) is 0 Å². The van der Waals surface area contributed by atoms with Crippen molar-refractivity contribution < 1.29 is 9.72 Å². The van der Waals surface area contributed by atoms with E-state index >= 15 is 0 Å². The summed E-state index contributed by atoms with van der Waals surface area (Å²) >= 11 is 0. The number of nitrogens with one attached hydrogen (secondary N) is 1. The van der Waals surface area contributed by atoms with Gasteiger partial charge in [-0.15, -0.1) is 0 Å². The SMILES string of the molecule is CCCN1CCC(Nc2ccc(C=O)cc2[N+](=O)[O-])CC1. The van der Waals surface area contributed by atoms with Gasteiger partial charge in [0.1, 0.15) is 12.0 Å². The van der Waals surface area contributed by atoms with Crippen molar-refractivity contribution in [1.29, 1.82) is 0 Å². The van der Waals surface area contributed by atoms with E-state index in [1.807, 2.05) is 0 Å². The fraction of sp³-hybridized carbons (Fsp3) is 0.533. The van der Waals surface area contributed by atoms with Crippen molar-refractivity contribution >= 4 is 17.7 Å². The molecule has 0 unspecified atom stereocenters. The molecule has 114 valence electrons. The summed E-state index contributed by atoms with van der Waals surface area (Å²) in [5.74, 6) is 0. The number of nitro benzene ring substituents is 1. The third kappa shape index (κ3) is 4.01. The summed E-state index contributed by atoms with van der Waals surface area (Å²) < 4.78 is 0. The smallest absolute Gasteiger partial charge is 0.293 e. The summed E-state index contributed by atoms with van der Waals surface area (Å²) in [5.41, 5.74) is 0.792. The highest BCUT2D eigenvalue weighted by molar-refractivity contribution is 5.79. The number of anilines is 1. The number of carbonyl (C=O) groups excluding carboxylic acids is 1. The number of carbonyl (C=O) groups is 1. The lowest BCUT2D eigenvalue weighted by Gasteiger charge is -2.32. The predicted molar refractivity (Wildman–Crippen MR) is 81.9 cm³/mol. The molecule has 0 bridgehead atoms. The zero-order valence-corrected chi connectivity index (χ0v) is 12.2. The summed E-state index contributed by atoms with van der Waals surface area (Å²) in [6.45, 7) is 5.32. The van der Waals surface area contributed by atoms with Crippen LogP contribution in [0, 0.1) is 10.1 Å². The van der Waals surface area contributed by atoms with E-state index in [4.69, 9.17) is 0 Å². The number of aldehydes is 1. The van der Waals surface area contributed by atoms with Crippen LogP contribution in [0.1, 0.15) is 36.5 Å². The van der Waals surface area contributed by atoms with Gasteiger partial charge in [-0.25, -0.2) is 0 Å². The lowest BCUT2D eigenvalue weighted by Crippen LogP contribution is -2.39. The van der Waals surface area contributed by atoms with Crippen LogP contribution in [0.4, 0.5) is 11.4 Å². The molecule has 1 heterocycles. The van der Waals surface area contributed by atoms with Crippen LogP contribution in [-0.4, -0.2) is 41.8 Å². The molecule has 0 spiro atoms. The van der Waals surface area contributed by atoms with E-state index in [9.17, 15) is 14.9 Å². The van der Waals surface area contributed by atoms with Crippen LogP contribution in [-0.2, 0) is 0 Å². The minimum absolute atomic E-state index is 0.0319. The Kier molecular flexibility index (Phi) is 5.27. The first-order chi connectivity index (χ1) is 10.1. The zero-order chi connectivity index (χ0) is 15.2. The van der Waals surface area contributed by atoms with Gasteiger partial charge in [-0.3, -0.25) is 14.9 Å². The Morgan fingerprint density at radius 2 is 2.14 bits per heavy atom. The summed E-state index contributed by atoms with van der Waals surface area (Å²) in [6, 6.07) is 4.80. The van der Waals surface area contributed by atoms with Crippen LogP contribution < -0.4 is 5.32 Å². The van der Waals surface area contributed by atoms with Crippen molar-refractivity contribution in [3.8, 4) is 0 Å². The highest BCUT2D eigenvalue weighted by Crippen LogP contribution is 2.27. The molecular formula is C15H21N3O3. The maximum Gasteiger partial charge on any atom is 0.293 e. The maximum atomic E-state index is 11.1. The molecule has 0 amide bonds. The molecule has 0 aliphatic carbocycles. The lowest BCUT2D eigenvalue weighted by molar-refractivity contribution is -0.384. The molecular weight excluding hydrogens is 270 g/mol. The van der Waals surface area contributed by atoms with E-state index in [1.165, 1.54) is 6.07 Å². The fourth-order valence-corrected chi connectivity index (χ4v) is 2.73. The van der Waals surface area contributed by atoms with Gasteiger partial charge in [-0.1, -0.05) is 6.92 Å². The summed E-state index contributed by atoms with van der Waals surface area (Å²) in [5, 5.41) is 14.4. The van der Waals surface area contributed by atoms with Gasteiger partial charge >= 0.3 is 0 Å². The number of rotatable bonds is 6. The Balaban J connectivity index is 2.03. The van der Waals surface area contributed by atoms with E-state index in [1.54, 1.807) is 12.1 Å². The van der Waals surface area contributed by atoms with Gasteiger partial charge < -0.3 is 10.2 Å². The van der Waals surface area contributed by atoms with Crippen LogP contribution in [0.5, 0.6) is 0 Å². The second-order valence-corrected chi connectivity index (χ2v) is 5.41. The number of hydrogen-bond acceptors (Lipinski definition) is 5. The van der Waals surface area contributed by atoms with E-state index in [2.05, 4.69) is 17.1 Å². The van der Waals surface area contributed by atoms with Gasteiger partial charge in [-0.2, -0.15) is 0 Å². The van der Waals surface area contributed by atoms with Crippen molar-refractivity contribution in [1.82, 2.24) is 4.90 Å². The Morgan fingerprint density at radius 3 is 2.71 bits per heavy atom. The molecule has 6 heteroatoms. The molecule has 0 aromatic heterocycles. The molecule has 6 nitrogen and oxygen atoms in total. The van der Waals surface area contributed by atoms with Gasteiger partial charge in [0.25, 0.3) is 5.69 Å². The van der Waals surface area contributed by atoms with Gasteiger partial charge in [-0.05, 0) is 37.9 Å². The quantitative estimate of drug-likeness (QED) is 0.495. The normalized spacial score (nSPS) is 16.6. The second kappa shape index (κ2) is 7.17. The second-order valence-electron chi connectivity index (χ2n) is 5.41. The number of nitro groups is 1. The van der Waals surface area contributed by atoms with E-state index in [-0.39, 0.29) is 11.7 Å². The van der Waals surface area contributed by atoms with Gasteiger partial charge in [0, 0.05) is 30.8 Å². The fourth-order valence-electron chi connectivity index (χ4n) is 2.73. The van der Waals surface area contributed by atoms with Crippen molar-refractivity contribution in [3.63, 3.8) is 0 Å². The largest absolute Gasteiger partial charge is 0.377 e. The van der Waals surface area contributed by atoms with E-state index in [0.717, 1.165) is 38.9 Å². The van der Waals surface area contributed by atoms with Crippen molar-refractivity contribution in [2.75, 3.05) is 25.0 Å².